The minimum atomic E-state index is -0.232. The first kappa shape index (κ1) is 16.9. The first-order chi connectivity index (χ1) is 10.5. The SMILES string of the molecule is C[C@H](C(=O)N(C)C1CCCCC1)N(C)Cc1cccc(F)c1. The summed E-state index contributed by atoms with van der Waals surface area (Å²) in [6.45, 7) is 2.50. The minimum Gasteiger partial charge on any atom is -0.341 e. The first-order valence-corrected chi connectivity index (χ1v) is 8.20. The van der Waals surface area contributed by atoms with E-state index in [1.54, 1.807) is 6.07 Å². The van der Waals surface area contributed by atoms with Gasteiger partial charge in [0.2, 0.25) is 5.91 Å². The Morgan fingerprint density at radius 2 is 1.95 bits per heavy atom. The fraction of sp³-hybridized carbons (Fsp3) is 0.611. The molecule has 1 aliphatic rings. The van der Waals surface area contributed by atoms with Gasteiger partial charge in [0.05, 0.1) is 6.04 Å². The van der Waals surface area contributed by atoms with Crippen molar-refractivity contribution in [3.8, 4) is 0 Å². The number of benzene rings is 1. The summed E-state index contributed by atoms with van der Waals surface area (Å²) in [4.78, 5) is 16.6. The molecular formula is C18H27FN2O. The Bertz CT molecular complexity index is 500. The molecule has 0 aromatic heterocycles. The van der Waals surface area contributed by atoms with Crippen molar-refractivity contribution >= 4 is 5.91 Å². The van der Waals surface area contributed by atoms with Gasteiger partial charge in [-0.1, -0.05) is 31.4 Å². The van der Waals surface area contributed by atoms with Crippen molar-refractivity contribution in [1.29, 1.82) is 0 Å². The predicted molar refractivity (Wildman–Crippen MR) is 87.0 cm³/mol. The van der Waals surface area contributed by atoms with Gasteiger partial charge in [-0.3, -0.25) is 9.69 Å². The number of amides is 1. The standard InChI is InChI=1S/C18H27FN2O/c1-14(18(22)21(3)17-10-5-4-6-11-17)20(2)13-15-8-7-9-16(19)12-15/h7-9,12,14,17H,4-6,10-11,13H2,1-3H3/t14-/m1/s1. The van der Waals surface area contributed by atoms with E-state index in [-0.39, 0.29) is 17.8 Å². The summed E-state index contributed by atoms with van der Waals surface area (Å²) in [5.74, 6) is -0.0741. The molecule has 1 atom stereocenters. The van der Waals surface area contributed by atoms with Crippen molar-refractivity contribution in [2.45, 2.75) is 57.7 Å². The van der Waals surface area contributed by atoms with Gasteiger partial charge in [-0.15, -0.1) is 0 Å². The van der Waals surface area contributed by atoms with Gasteiger partial charge in [0.1, 0.15) is 5.82 Å². The predicted octanol–water partition coefficient (Wildman–Crippen LogP) is 3.44. The van der Waals surface area contributed by atoms with Crippen LogP contribution in [0.15, 0.2) is 24.3 Å². The summed E-state index contributed by atoms with van der Waals surface area (Å²) in [6.07, 6.45) is 5.95. The molecule has 0 unspecified atom stereocenters. The molecule has 2 rings (SSSR count). The fourth-order valence-electron chi connectivity index (χ4n) is 3.19. The fourth-order valence-corrected chi connectivity index (χ4v) is 3.19. The van der Waals surface area contributed by atoms with E-state index < -0.39 is 0 Å². The van der Waals surface area contributed by atoms with Crippen LogP contribution in [0.1, 0.15) is 44.6 Å². The number of carbonyl (C=O) groups is 1. The van der Waals surface area contributed by atoms with Crippen LogP contribution in [0.4, 0.5) is 4.39 Å². The monoisotopic (exact) mass is 306 g/mol. The number of halogens is 1. The first-order valence-electron chi connectivity index (χ1n) is 8.20. The van der Waals surface area contributed by atoms with Gasteiger partial charge in [-0.05, 0) is 44.5 Å². The minimum absolute atomic E-state index is 0.158. The molecule has 22 heavy (non-hydrogen) atoms. The largest absolute Gasteiger partial charge is 0.341 e. The van der Waals surface area contributed by atoms with E-state index in [0.29, 0.717) is 12.6 Å². The molecule has 1 aromatic carbocycles. The van der Waals surface area contributed by atoms with E-state index in [1.165, 1.54) is 31.4 Å². The Morgan fingerprint density at radius 1 is 1.27 bits per heavy atom. The molecule has 0 spiro atoms. The summed E-state index contributed by atoms with van der Waals surface area (Å²) >= 11 is 0. The zero-order valence-electron chi connectivity index (χ0n) is 13.9. The number of nitrogens with zero attached hydrogens (tertiary/aromatic N) is 2. The van der Waals surface area contributed by atoms with Crippen LogP contribution in [0, 0.1) is 5.82 Å². The lowest BCUT2D eigenvalue weighted by molar-refractivity contribution is -0.137. The highest BCUT2D eigenvalue weighted by Gasteiger charge is 2.27. The van der Waals surface area contributed by atoms with Crippen LogP contribution in [0.25, 0.3) is 0 Å². The molecule has 0 radical (unpaired) electrons. The van der Waals surface area contributed by atoms with Crippen LogP contribution < -0.4 is 0 Å². The third kappa shape index (κ3) is 4.29. The smallest absolute Gasteiger partial charge is 0.239 e. The van der Waals surface area contributed by atoms with Gasteiger partial charge >= 0.3 is 0 Å². The molecule has 1 aromatic rings. The summed E-state index contributed by atoms with van der Waals surface area (Å²) in [5, 5.41) is 0. The summed E-state index contributed by atoms with van der Waals surface area (Å²) in [5.41, 5.74) is 0.891. The van der Waals surface area contributed by atoms with Crippen molar-refractivity contribution in [3.63, 3.8) is 0 Å². The van der Waals surface area contributed by atoms with Crippen LogP contribution in [-0.2, 0) is 11.3 Å². The molecule has 0 saturated heterocycles. The highest BCUT2D eigenvalue weighted by molar-refractivity contribution is 5.81. The van der Waals surface area contributed by atoms with Crippen molar-refractivity contribution in [2.75, 3.05) is 14.1 Å². The van der Waals surface area contributed by atoms with Gasteiger partial charge in [0.25, 0.3) is 0 Å². The zero-order chi connectivity index (χ0) is 16.1. The maximum absolute atomic E-state index is 13.3. The number of hydrogen-bond acceptors (Lipinski definition) is 2. The average Bonchev–Trinajstić information content (AvgIpc) is 2.53. The topological polar surface area (TPSA) is 23.6 Å². The highest BCUT2D eigenvalue weighted by Crippen LogP contribution is 2.22. The van der Waals surface area contributed by atoms with E-state index in [1.807, 2.05) is 36.9 Å². The van der Waals surface area contributed by atoms with E-state index in [4.69, 9.17) is 0 Å². The number of hydrogen-bond donors (Lipinski definition) is 0. The molecule has 1 amide bonds. The van der Waals surface area contributed by atoms with Gasteiger partial charge < -0.3 is 4.90 Å². The second kappa shape index (κ2) is 7.73. The summed E-state index contributed by atoms with van der Waals surface area (Å²) < 4.78 is 13.3. The van der Waals surface area contributed by atoms with Crippen molar-refractivity contribution in [2.24, 2.45) is 0 Å². The summed E-state index contributed by atoms with van der Waals surface area (Å²) in [6, 6.07) is 6.75. The quantitative estimate of drug-likeness (QED) is 0.832. The molecule has 0 heterocycles. The van der Waals surface area contributed by atoms with Crippen LogP contribution in [0.3, 0.4) is 0 Å². The van der Waals surface area contributed by atoms with E-state index >= 15 is 0 Å². The Hall–Kier alpha value is -1.42. The summed E-state index contributed by atoms with van der Waals surface area (Å²) in [7, 11) is 3.84. The lowest BCUT2D eigenvalue weighted by Gasteiger charge is -2.35. The van der Waals surface area contributed by atoms with Gasteiger partial charge in [0, 0.05) is 19.6 Å². The Balaban J connectivity index is 1.93. The van der Waals surface area contributed by atoms with Crippen LogP contribution in [-0.4, -0.2) is 41.9 Å². The van der Waals surface area contributed by atoms with Crippen molar-refractivity contribution < 1.29 is 9.18 Å². The van der Waals surface area contributed by atoms with E-state index in [2.05, 4.69) is 0 Å². The molecule has 4 heteroatoms. The maximum atomic E-state index is 13.3. The lowest BCUT2D eigenvalue weighted by atomic mass is 9.94. The third-order valence-corrected chi connectivity index (χ3v) is 4.81. The molecule has 1 aliphatic carbocycles. The van der Waals surface area contributed by atoms with Gasteiger partial charge in [-0.2, -0.15) is 0 Å². The molecule has 1 fully saturated rings. The van der Waals surface area contributed by atoms with E-state index in [9.17, 15) is 9.18 Å². The van der Waals surface area contributed by atoms with Gasteiger partial charge in [-0.25, -0.2) is 4.39 Å². The maximum Gasteiger partial charge on any atom is 0.239 e. The highest BCUT2D eigenvalue weighted by atomic mass is 19.1. The third-order valence-electron chi connectivity index (χ3n) is 4.81. The molecule has 0 aliphatic heterocycles. The molecule has 0 N–H and O–H groups in total. The lowest BCUT2D eigenvalue weighted by Crippen LogP contribution is -2.48. The number of likely N-dealkylation sites (N-methyl/N-ethyl adjacent to an activating group) is 2. The Kier molecular flexibility index (Phi) is 5.95. The Morgan fingerprint density at radius 3 is 2.59 bits per heavy atom. The molecule has 1 saturated carbocycles. The van der Waals surface area contributed by atoms with Gasteiger partial charge in [0.15, 0.2) is 0 Å². The second-order valence-corrected chi connectivity index (χ2v) is 6.46. The average molecular weight is 306 g/mol. The van der Waals surface area contributed by atoms with Crippen molar-refractivity contribution in [3.05, 3.63) is 35.6 Å². The number of carbonyl (C=O) groups excluding carboxylic acids is 1. The Labute approximate surface area is 133 Å². The molecule has 0 bridgehead atoms. The van der Waals surface area contributed by atoms with Crippen LogP contribution >= 0.6 is 0 Å². The second-order valence-electron chi connectivity index (χ2n) is 6.46. The van der Waals surface area contributed by atoms with E-state index in [0.717, 1.165) is 18.4 Å². The van der Waals surface area contributed by atoms with Crippen LogP contribution in [0.5, 0.6) is 0 Å². The normalized spacial score (nSPS) is 17.5. The van der Waals surface area contributed by atoms with Crippen LogP contribution in [0.2, 0.25) is 0 Å². The molecule has 122 valence electrons. The molecular weight excluding hydrogens is 279 g/mol. The zero-order valence-corrected chi connectivity index (χ0v) is 13.9. The van der Waals surface area contributed by atoms with Crippen molar-refractivity contribution in [1.82, 2.24) is 9.80 Å². The number of rotatable bonds is 5. The molecule has 3 nitrogen and oxygen atoms in total.